The fourth-order valence-electron chi connectivity index (χ4n) is 3.65. The molecule has 0 saturated carbocycles. The van der Waals surface area contributed by atoms with Crippen LogP contribution < -0.4 is 5.63 Å². The number of aromatic hydroxyl groups is 1. The Morgan fingerprint density at radius 1 is 1.19 bits per heavy atom. The summed E-state index contributed by atoms with van der Waals surface area (Å²) in [6, 6.07) is 3.17. The number of nitrogens with zero attached hydrogens (tertiary/aromatic N) is 3. The number of esters is 1. The Balaban J connectivity index is 1.89. The third kappa shape index (κ3) is 4.59. The first-order valence-corrected chi connectivity index (χ1v) is 11.2. The molecule has 3 rings (SSSR count). The first kappa shape index (κ1) is 23.2. The molecule has 1 aromatic heterocycles. The van der Waals surface area contributed by atoms with Crippen molar-refractivity contribution in [1.82, 2.24) is 13.5 Å². The van der Waals surface area contributed by atoms with Crippen molar-refractivity contribution in [1.29, 1.82) is 0 Å². The van der Waals surface area contributed by atoms with Gasteiger partial charge in [-0.05, 0) is 24.6 Å². The summed E-state index contributed by atoms with van der Waals surface area (Å²) in [5.41, 5.74) is 0.883. The molecule has 11 heteroatoms. The van der Waals surface area contributed by atoms with Crippen molar-refractivity contribution in [2.75, 3.05) is 47.4 Å². The lowest BCUT2D eigenvalue weighted by molar-refractivity contribution is -0.139. The molecule has 0 spiro atoms. The summed E-state index contributed by atoms with van der Waals surface area (Å²) in [6.07, 6.45) is -0.195. The van der Waals surface area contributed by atoms with Crippen LogP contribution in [0.4, 0.5) is 0 Å². The molecule has 1 aromatic carbocycles. The third-order valence-corrected chi connectivity index (χ3v) is 7.52. The summed E-state index contributed by atoms with van der Waals surface area (Å²) in [5, 5.41) is 11.1. The number of hydrogen-bond acceptors (Lipinski definition) is 8. The van der Waals surface area contributed by atoms with Crippen LogP contribution in [-0.4, -0.2) is 80.4 Å². The number of carbonyl (C=O) groups is 1. The Morgan fingerprint density at radius 3 is 2.42 bits per heavy atom. The molecule has 1 aliphatic heterocycles. The van der Waals surface area contributed by atoms with Crippen LogP contribution in [0.15, 0.2) is 21.3 Å². The summed E-state index contributed by atoms with van der Waals surface area (Å²) in [5.74, 6) is -0.557. The number of piperazine rings is 1. The minimum Gasteiger partial charge on any atom is -0.507 e. The van der Waals surface area contributed by atoms with Crippen molar-refractivity contribution in [2.45, 2.75) is 19.9 Å². The number of hydrogen-bond donors (Lipinski definition) is 1. The second-order valence-corrected chi connectivity index (χ2v) is 9.79. The Labute approximate surface area is 180 Å². The van der Waals surface area contributed by atoms with E-state index in [4.69, 9.17) is 4.42 Å². The third-order valence-electron chi connectivity index (χ3n) is 5.58. The number of rotatable bonds is 6. The summed E-state index contributed by atoms with van der Waals surface area (Å²) >= 11 is 0. The smallest absolute Gasteiger partial charge is 0.340 e. The van der Waals surface area contributed by atoms with Crippen LogP contribution in [0.25, 0.3) is 11.0 Å². The van der Waals surface area contributed by atoms with Crippen molar-refractivity contribution in [2.24, 2.45) is 0 Å². The molecule has 31 heavy (non-hydrogen) atoms. The highest BCUT2D eigenvalue weighted by Gasteiger charge is 2.29. The molecule has 0 amide bonds. The van der Waals surface area contributed by atoms with Gasteiger partial charge in [-0.3, -0.25) is 9.69 Å². The molecule has 1 fully saturated rings. The molecule has 10 nitrogen and oxygen atoms in total. The lowest BCUT2D eigenvalue weighted by Crippen LogP contribution is -2.51. The molecule has 0 radical (unpaired) electrons. The summed E-state index contributed by atoms with van der Waals surface area (Å²) in [7, 11) is 0.765. The Hall–Kier alpha value is -2.47. The van der Waals surface area contributed by atoms with Gasteiger partial charge in [0.05, 0.1) is 24.7 Å². The van der Waals surface area contributed by atoms with Gasteiger partial charge in [-0.25, -0.2) is 4.79 Å². The number of benzene rings is 1. The Bertz CT molecular complexity index is 1150. The Kier molecular flexibility index (Phi) is 6.70. The van der Waals surface area contributed by atoms with Crippen molar-refractivity contribution in [3.05, 3.63) is 39.2 Å². The second-order valence-electron chi connectivity index (χ2n) is 7.65. The van der Waals surface area contributed by atoms with E-state index in [0.29, 0.717) is 42.7 Å². The maximum atomic E-state index is 12.5. The minimum absolute atomic E-state index is 0.0147. The predicted octanol–water partition coefficient (Wildman–Crippen LogP) is 0.447. The van der Waals surface area contributed by atoms with Crippen molar-refractivity contribution < 1.29 is 27.5 Å². The first-order chi connectivity index (χ1) is 14.6. The predicted molar refractivity (Wildman–Crippen MR) is 114 cm³/mol. The van der Waals surface area contributed by atoms with Crippen molar-refractivity contribution in [3.63, 3.8) is 0 Å². The van der Waals surface area contributed by atoms with E-state index in [9.17, 15) is 23.1 Å². The van der Waals surface area contributed by atoms with Crippen LogP contribution in [0, 0.1) is 6.92 Å². The van der Waals surface area contributed by atoms with Gasteiger partial charge in [0, 0.05) is 52.2 Å². The highest BCUT2D eigenvalue weighted by atomic mass is 32.2. The average Bonchev–Trinajstić information content (AvgIpc) is 2.73. The largest absolute Gasteiger partial charge is 0.507 e. The molecule has 1 aliphatic rings. The molecular formula is C20H27N3O7S. The fraction of sp³-hybridized carbons (Fsp3) is 0.500. The van der Waals surface area contributed by atoms with Crippen LogP contribution in [-0.2, 0) is 32.7 Å². The highest BCUT2D eigenvalue weighted by Crippen LogP contribution is 2.31. The number of phenolic OH excluding ortho intramolecular Hbond substituents is 1. The van der Waals surface area contributed by atoms with Crippen molar-refractivity contribution >= 4 is 27.1 Å². The molecular weight excluding hydrogens is 426 g/mol. The standard InChI is InChI=1S/C20H27N3O7S/c1-13-14-5-6-17(24)16(19(14)30-20(26)15(13)11-18(25)29-4)12-22-7-9-23(10-8-22)31(27,28)21(2)3/h5-6,24H,7-12H2,1-4H3. The maximum absolute atomic E-state index is 12.5. The normalized spacial score (nSPS) is 16.2. The van der Waals surface area contributed by atoms with Gasteiger partial charge >= 0.3 is 11.6 Å². The molecule has 0 bridgehead atoms. The zero-order chi connectivity index (χ0) is 22.9. The molecule has 170 valence electrons. The molecule has 0 atom stereocenters. The topological polar surface area (TPSA) is 121 Å². The SMILES string of the molecule is COC(=O)Cc1c(C)c2ccc(O)c(CN3CCN(S(=O)(=O)N(C)C)CC3)c2oc1=O. The van der Waals surface area contributed by atoms with Gasteiger partial charge in [0.1, 0.15) is 11.3 Å². The van der Waals surface area contributed by atoms with Crippen LogP contribution in [0.2, 0.25) is 0 Å². The number of aryl methyl sites for hydroxylation is 1. The molecule has 2 aromatic rings. The van der Waals surface area contributed by atoms with Crippen LogP contribution in [0.5, 0.6) is 5.75 Å². The summed E-state index contributed by atoms with van der Waals surface area (Å²) in [6.45, 7) is 3.58. The average molecular weight is 454 g/mol. The van der Waals surface area contributed by atoms with Gasteiger partial charge in [0.2, 0.25) is 0 Å². The monoisotopic (exact) mass is 453 g/mol. The van der Waals surface area contributed by atoms with E-state index in [1.807, 2.05) is 4.90 Å². The zero-order valence-electron chi connectivity index (χ0n) is 18.0. The first-order valence-electron chi connectivity index (χ1n) is 9.80. The minimum atomic E-state index is -3.47. The number of fused-ring (bicyclic) bond motifs is 1. The summed E-state index contributed by atoms with van der Waals surface area (Å²) in [4.78, 5) is 26.2. The van der Waals surface area contributed by atoms with E-state index in [-0.39, 0.29) is 29.9 Å². The van der Waals surface area contributed by atoms with Gasteiger partial charge in [0.15, 0.2) is 0 Å². The van der Waals surface area contributed by atoms with E-state index in [1.54, 1.807) is 13.0 Å². The lowest BCUT2D eigenvalue weighted by atomic mass is 10.0. The highest BCUT2D eigenvalue weighted by molar-refractivity contribution is 7.86. The number of ether oxygens (including phenoxy) is 1. The summed E-state index contributed by atoms with van der Waals surface area (Å²) < 4.78 is 37.4. The van der Waals surface area contributed by atoms with Crippen LogP contribution in [0.1, 0.15) is 16.7 Å². The lowest BCUT2D eigenvalue weighted by Gasteiger charge is -2.35. The number of phenols is 1. The van der Waals surface area contributed by atoms with Gasteiger partial charge in [0.25, 0.3) is 10.2 Å². The van der Waals surface area contributed by atoms with E-state index in [2.05, 4.69) is 4.74 Å². The van der Waals surface area contributed by atoms with Crippen molar-refractivity contribution in [3.8, 4) is 5.75 Å². The number of methoxy groups -OCH3 is 1. The van der Waals surface area contributed by atoms with E-state index in [0.717, 1.165) is 0 Å². The van der Waals surface area contributed by atoms with Gasteiger partial charge < -0.3 is 14.3 Å². The molecule has 2 heterocycles. The van der Waals surface area contributed by atoms with E-state index in [1.165, 1.54) is 35.9 Å². The number of carbonyl (C=O) groups excluding carboxylic acids is 1. The molecule has 0 unspecified atom stereocenters. The van der Waals surface area contributed by atoms with E-state index >= 15 is 0 Å². The molecule has 1 N–H and O–H groups in total. The Morgan fingerprint density at radius 2 is 1.84 bits per heavy atom. The van der Waals surface area contributed by atoms with Gasteiger partial charge in [-0.1, -0.05) is 0 Å². The van der Waals surface area contributed by atoms with Crippen LogP contribution >= 0.6 is 0 Å². The van der Waals surface area contributed by atoms with Gasteiger partial charge in [-0.15, -0.1) is 0 Å². The second kappa shape index (κ2) is 8.95. The van der Waals surface area contributed by atoms with Gasteiger partial charge in [-0.2, -0.15) is 17.0 Å². The van der Waals surface area contributed by atoms with Crippen LogP contribution in [0.3, 0.4) is 0 Å². The zero-order valence-corrected chi connectivity index (χ0v) is 18.9. The molecule has 0 aliphatic carbocycles. The van der Waals surface area contributed by atoms with E-state index < -0.39 is 21.8 Å². The fourth-order valence-corrected chi connectivity index (χ4v) is 4.73. The maximum Gasteiger partial charge on any atom is 0.340 e. The quantitative estimate of drug-likeness (QED) is 0.494. The molecule has 1 saturated heterocycles.